The van der Waals surface area contributed by atoms with Crippen LogP contribution in [0.1, 0.15) is 36.4 Å². The number of rotatable bonds is 4. The van der Waals surface area contributed by atoms with Crippen molar-refractivity contribution in [1.82, 2.24) is 15.1 Å². The van der Waals surface area contributed by atoms with Crippen molar-refractivity contribution in [2.24, 2.45) is 0 Å². The van der Waals surface area contributed by atoms with Gasteiger partial charge in [-0.3, -0.25) is 4.90 Å². The summed E-state index contributed by atoms with van der Waals surface area (Å²) < 4.78 is 38.5. The summed E-state index contributed by atoms with van der Waals surface area (Å²) in [4.78, 5) is 4.88. The molecule has 3 nitrogen and oxygen atoms in total. The van der Waals surface area contributed by atoms with Gasteiger partial charge in [-0.2, -0.15) is 13.2 Å². The Morgan fingerprint density at radius 2 is 1.52 bits per heavy atom. The van der Waals surface area contributed by atoms with Gasteiger partial charge >= 0.3 is 6.18 Å². The molecule has 142 valence electrons. The van der Waals surface area contributed by atoms with E-state index in [2.05, 4.69) is 15.1 Å². The highest BCUT2D eigenvalue weighted by Crippen LogP contribution is 2.31. The lowest BCUT2D eigenvalue weighted by Gasteiger charge is -2.39. The van der Waals surface area contributed by atoms with Crippen LogP contribution in [0.3, 0.4) is 0 Å². The van der Waals surface area contributed by atoms with E-state index in [1.165, 1.54) is 31.4 Å². The monoisotopic (exact) mass is 377 g/mol. The van der Waals surface area contributed by atoms with E-state index in [1.54, 1.807) is 12.1 Å². The van der Waals surface area contributed by atoms with E-state index in [0.29, 0.717) is 0 Å². The zero-order valence-corrected chi connectivity index (χ0v) is 15.2. The first-order valence-corrected chi connectivity index (χ1v) is 8.88. The number of hydrogen-bond donors (Lipinski definition) is 1. The minimum atomic E-state index is -4.27. The van der Waals surface area contributed by atoms with E-state index in [1.807, 2.05) is 0 Å². The van der Waals surface area contributed by atoms with Gasteiger partial charge in [0.2, 0.25) is 0 Å². The zero-order valence-electron chi connectivity index (χ0n) is 14.4. The number of alkyl halides is 3. The van der Waals surface area contributed by atoms with E-state index < -0.39 is 11.7 Å². The molecule has 1 aromatic carbocycles. The third kappa shape index (κ3) is 5.58. The summed E-state index contributed by atoms with van der Waals surface area (Å²) in [5.74, 6) is 0. The molecule has 2 heterocycles. The van der Waals surface area contributed by atoms with Crippen molar-refractivity contribution < 1.29 is 13.2 Å². The summed E-state index contributed by atoms with van der Waals surface area (Å²) in [6, 6.07) is 5.95. The van der Waals surface area contributed by atoms with Crippen LogP contribution in [0.2, 0.25) is 0 Å². The number of piperazine rings is 1. The number of nitrogens with zero attached hydrogens (tertiary/aromatic N) is 2. The molecule has 0 spiro atoms. The average Bonchev–Trinajstić information content (AvgIpc) is 2.61. The smallest absolute Gasteiger partial charge is 0.314 e. The molecule has 0 amide bonds. The molecule has 2 aliphatic heterocycles. The molecule has 3 rings (SSSR count). The van der Waals surface area contributed by atoms with Gasteiger partial charge in [-0.05, 0) is 43.6 Å². The molecule has 0 radical (unpaired) electrons. The molecule has 1 N–H and O–H groups in total. The molecule has 0 aromatic heterocycles. The summed E-state index contributed by atoms with van der Waals surface area (Å²) in [5.41, 5.74) is 0.429. The SMILES string of the molecule is Cl.FC(F)(F)c1ccc(C(CN2CCCCC2)N2CCNCC2)cc1. The number of halogens is 4. The Labute approximate surface area is 154 Å². The van der Waals surface area contributed by atoms with Gasteiger partial charge < -0.3 is 10.2 Å². The maximum atomic E-state index is 12.8. The lowest BCUT2D eigenvalue weighted by molar-refractivity contribution is -0.137. The van der Waals surface area contributed by atoms with E-state index in [-0.39, 0.29) is 18.4 Å². The Bertz CT molecular complexity index is 509. The second kappa shape index (κ2) is 9.21. The third-order valence-corrected chi connectivity index (χ3v) is 5.09. The molecule has 7 heteroatoms. The van der Waals surface area contributed by atoms with Crippen molar-refractivity contribution in [2.75, 3.05) is 45.8 Å². The van der Waals surface area contributed by atoms with Crippen molar-refractivity contribution >= 4 is 12.4 Å². The van der Waals surface area contributed by atoms with Crippen LogP contribution in [0, 0.1) is 0 Å². The molecule has 1 atom stereocenters. The number of likely N-dealkylation sites (tertiary alicyclic amines) is 1. The van der Waals surface area contributed by atoms with Gasteiger partial charge in [-0.15, -0.1) is 12.4 Å². The van der Waals surface area contributed by atoms with Crippen LogP contribution in [0.4, 0.5) is 13.2 Å². The summed E-state index contributed by atoms with van der Waals surface area (Å²) in [7, 11) is 0. The minimum Gasteiger partial charge on any atom is -0.314 e. The highest BCUT2D eigenvalue weighted by molar-refractivity contribution is 5.85. The van der Waals surface area contributed by atoms with Gasteiger partial charge in [-0.1, -0.05) is 18.6 Å². The van der Waals surface area contributed by atoms with Gasteiger partial charge in [0, 0.05) is 38.8 Å². The van der Waals surface area contributed by atoms with Gasteiger partial charge in [0.15, 0.2) is 0 Å². The zero-order chi connectivity index (χ0) is 17.0. The number of benzene rings is 1. The van der Waals surface area contributed by atoms with Gasteiger partial charge in [0.25, 0.3) is 0 Å². The van der Waals surface area contributed by atoms with Crippen LogP contribution in [0.5, 0.6) is 0 Å². The van der Waals surface area contributed by atoms with Gasteiger partial charge in [-0.25, -0.2) is 0 Å². The first kappa shape index (κ1) is 20.5. The van der Waals surface area contributed by atoms with Crippen molar-refractivity contribution in [2.45, 2.75) is 31.5 Å². The highest BCUT2D eigenvalue weighted by atomic mass is 35.5. The number of piperidine rings is 1. The van der Waals surface area contributed by atoms with Crippen molar-refractivity contribution in [3.8, 4) is 0 Å². The predicted molar refractivity (Wildman–Crippen MR) is 96.2 cm³/mol. The third-order valence-electron chi connectivity index (χ3n) is 5.09. The van der Waals surface area contributed by atoms with E-state index >= 15 is 0 Å². The Kier molecular flexibility index (Phi) is 7.55. The van der Waals surface area contributed by atoms with E-state index in [4.69, 9.17) is 0 Å². The van der Waals surface area contributed by atoms with Crippen LogP contribution in [0.15, 0.2) is 24.3 Å². The summed E-state index contributed by atoms with van der Waals surface area (Å²) in [6.45, 7) is 6.88. The minimum absolute atomic E-state index is 0. The fourth-order valence-corrected chi connectivity index (χ4v) is 3.71. The molecule has 1 unspecified atom stereocenters. The first-order valence-electron chi connectivity index (χ1n) is 8.88. The Morgan fingerprint density at radius 1 is 0.920 bits per heavy atom. The maximum absolute atomic E-state index is 12.8. The van der Waals surface area contributed by atoms with Crippen molar-refractivity contribution in [3.63, 3.8) is 0 Å². The Morgan fingerprint density at radius 3 is 2.08 bits per heavy atom. The molecule has 1 aromatic rings. The highest BCUT2D eigenvalue weighted by Gasteiger charge is 2.31. The molecule has 2 fully saturated rings. The average molecular weight is 378 g/mol. The molecule has 2 saturated heterocycles. The Balaban J connectivity index is 0.00000225. The molecule has 0 aliphatic carbocycles. The van der Waals surface area contributed by atoms with Crippen LogP contribution in [-0.2, 0) is 6.18 Å². The predicted octanol–water partition coefficient (Wildman–Crippen LogP) is 3.56. The lowest BCUT2D eigenvalue weighted by Crippen LogP contribution is -2.48. The molecule has 0 bridgehead atoms. The van der Waals surface area contributed by atoms with Gasteiger partial charge in [0.05, 0.1) is 5.56 Å². The van der Waals surface area contributed by atoms with Crippen molar-refractivity contribution in [3.05, 3.63) is 35.4 Å². The van der Waals surface area contributed by atoms with Crippen LogP contribution in [-0.4, -0.2) is 55.6 Å². The van der Waals surface area contributed by atoms with Gasteiger partial charge in [0.1, 0.15) is 0 Å². The van der Waals surface area contributed by atoms with Crippen LogP contribution in [0.25, 0.3) is 0 Å². The fraction of sp³-hybridized carbons (Fsp3) is 0.667. The second-order valence-corrected chi connectivity index (χ2v) is 6.78. The molecule has 2 aliphatic rings. The standard InChI is InChI=1S/C18H26F3N3.ClH/c19-18(20,21)16-6-4-15(5-7-16)17(24-12-8-22-9-13-24)14-23-10-2-1-3-11-23;/h4-7,17,22H,1-3,8-14H2;1H. The van der Waals surface area contributed by atoms with E-state index in [9.17, 15) is 13.2 Å². The normalized spacial score (nSPS) is 21.6. The lowest BCUT2D eigenvalue weighted by atomic mass is 10.0. The molecular formula is C18H27ClF3N3. The quantitative estimate of drug-likeness (QED) is 0.865. The fourth-order valence-electron chi connectivity index (χ4n) is 3.71. The summed E-state index contributed by atoms with van der Waals surface area (Å²) in [5, 5.41) is 3.35. The molecule has 25 heavy (non-hydrogen) atoms. The number of hydrogen-bond acceptors (Lipinski definition) is 3. The summed E-state index contributed by atoms with van der Waals surface area (Å²) in [6.07, 6.45) is -0.534. The number of nitrogens with one attached hydrogen (secondary N) is 1. The van der Waals surface area contributed by atoms with E-state index in [0.717, 1.165) is 51.4 Å². The second-order valence-electron chi connectivity index (χ2n) is 6.78. The van der Waals surface area contributed by atoms with Crippen LogP contribution >= 0.6 is 12.4 Å². The topological polar surface area (TPSA) is 18.5 Å². The van der Waals surface area contributed by atoms with Crippen LogP contribution < -0.4 is 5.32 Å². The molecule has 0 saturated carbocycles. The first-order chi connectivity index (χ1) is 11.5. The molecular weight excluding hydrogens is 351 g/mol. The largest absolute Gasteiger partial charge is 0.416 e. The Hall–Kier alpha value is -0.820. The summed E-state index contributed by atoms with van der Waals surface area (Å²) >= 11 is 0. The maximum Gasteiger partial charge on any atom is 0.416 e. The van der Waals surface area contributed by atoms with Crippen molar-refractivity contribution in [1.29, 1.82) is 0 Å².